The van der Waals surface area contributed by atoms with Gasteiger partial charge in [-0.15, -0.1) is 0 Å². The first-order valence-electron chi connectivity index (χ1n) is 2.72. The van der Waals surface area contributed by atoms with Crippen molar-refractivity contribution in [1.29, 1.82) is 0 Å². The minimum atomic E-state index is -0.126. The molecule has 8 heavy (non-hydrogen) atoms. The van der Waals surface area contributed by atoms with Crippen LogP contribution in [0.4, 0.5) is 0 Å². The number of carbonyl (C=O) groups is 1. The number of rotatable bonds is 3. The molecule has 2 nitrogen and oxygen atoms in total. The summed E-state index contributed by atoms with van der Waals surface area (Å²) in [5.41, 5.74) is 0. The van der Waals surface area contributed by atoms with Crippen LogP contribution in [0.25, 0.3) is 0 Å². The molecule has 0 saturated carbocycles. The molecule has 1 rings (SSSR count). The van der Waals surface area contributed by atoms with E-state index >= 15 is 0 Å². The molecular weight excluding hydrogens is 104 g/mol. The van der Waals surface area contributed by atoms with Crippen molar-refractivity contribution in [2.75, 3.05) is 0 Å². The Kier molecular flexibility index (Phi) is 1.51. The monoisotopic (exact) mass is 112 g/mol. The molecule has 0 aromatic carbocycles. The van der Waals surface area contributed by atoms with Gasteiger partial charge in [-0.2, -0.15) is 0 Å². The number of ether oxygens (including phenoxy) is 1. The average Bonchev–Trinajstić information content (AvgIpc) is 2.42. The van der Waals surface area contributed by atoms with Crippen LogP contribution >= 0.6 is 0 Å². The minimum absolute atomic E-state index is 0.126. The average molecular weight is 112 g/mol. The highest BCUT2D eigenvalue weighted by molar-refractivity contribution is 5.96. The van der Waals surface area contributed by atoms with Crippen molar-refractivity contribution in [3.05, 3.63) is 13.0 Å². The van der Waals surface area contributed by atoms with E-state index in [1.165, 1.54) is 0 Å². The zero-order valence-electron chi connectivity index (χ0n) is 4.64. The summed E-state index contributed by atoms with van der Waals surface area (Å²) in [5.74, 6) is -0.126. The highest BCUT2D eigenvalue weighted by Crippen LogP contribution is 2.27. The van der Waals surface area contributed by atoms with Gasteiger partial charge in [0.1, 0.15) is 0 Å². The van der Waals surface area contributed by atoms with Gasteiger partial charge in [0.25, 0.3) is 6.10 Å². The predicted molar refractivity (Wildman–Crippen MR) is 28.5 cm³/mol. The largest absolute Gasteiger partial charge is 0.439 e. The molecule has 1 saturated heterocycles. The maximum Gasteiger partial charge on any atom is 0.356 e. The maximum atomic E-state index is 10.1. The van der Waals surface area contributed by atoms with Crippen LogP contribution in [0, 0.1) is 13.0 Å². The number of epoxide rings is 1. The molecule has 0 bridgehead atoms. The maximum absolute atomic E-state index is 10.1. The second kappa shape index (κ2) is 2.16. The second-order valence-corrected chi connectivity index (χ2v) is 1.77. The van der Waals surface area contributed by atoms with Gasteiger partial charge in [-0.1, -0.05) is 13.3 Å². The first kappa shape index (κ1) is 5.60. The van der Waals surface area contributed by atoms with Crippen molar-refractivity contribution < 1.29 is 9.53 Å². The molecule has 0 amide bonds. The van der Waals surface area contributed by atoms with Gasteiger partial charge in [0.05, 0.1) is 0 Å². The van der Waals surface area contributed by atoms with Crippen molar-refractivity contribution in [2.24, 2.45) is 0 Å². The number of unbranched alkanes of at least 4 members (excludes halogenated alkanes) is 1. The lowest BCUT2D eigenvalue weighted by Gasteiger charge is -1.82. The molecule has 1 aliphatic heterocycles. The van der Waals surface area contributed by atoms with E-state index < -0.39 is 0 Å². The molecule has 1 fully saturated rings. The summed E-state index contributed by atoms with van der Waals surface area (Å²) < 4.78 is 4.47. The molecule has 0 N–H and O–H groups in total. The van der Waals surface area contributed by atoms with E-state index in [1.54, 1.807) is 0 Å². The summed E-state index contributed by atoms with van der Waals surface area (Å²) in [7, 11) is 0. The smallest absolute Gasteiger partial charge is 0.356 e. The molecule has 44 valence electrons. The van der Waals surface area contributed by atoms with Crippen LogP contribution in [0.3, 0.4) is 0 Å². The highest BCUT2D eigenvalue weighted by atomic mass is 16.6. The zero-order valence-corrected chi connectivity index (χ0v) is 4.64. The van der Waals surface area contributed by atoms with E-state index in [0.717, 1.165) is 19.3 Å². The van der Waals surface area contributed by atoms with E-state index in [4.69, 9.17) is 0 Å². The van der Waals surface area contributed by atoms with Crippen LogP contribution in [0.2, 0.25) is 0 Å². The van der Waals surface area contributed by atoms with E-state index in [-0.39, 0.29) is 5.97 Å². The van der Waals surface area contributed by atoms with Crippen molar-refractivity contribution in [1.82, 2.24) is 0 Å². The van der Waals surface area contributed by atoms with Gasteiger partial charge in [-0.25, -0.2) is 4.79 Å². The van der Waals surface area contributed by atoms with E-state index in [0.29, 0.717) is 6.10 Å². The van der Waals surface area contributed by atoms with Crippen LogP contribution in [-0.2, 0) is 9.53 Å². The number of hydrogen-bond acceptors (Lipinski definition) is 2. The molecule has 1 heterocycles. The van der Waals surface area contributed by atoms with Gasteiger partial charge >= 0.3 is 5.97 Å². The lowest BCUT2D eigenvalue weighted by atomic mass is 10.2. The SMILES string of the molecule is [CH2]CCC[C]1OC1=O. The fourth-order valence-electron chi connectivity index (χ4n) is 0.525. The summed E-state index contributed by atoms with van der Waals surface area (Å²) >= 11 is 0. The Bertz CT molecular complexity index is 98.7. The van der Waals surface area contributed by atoms with Crippen molar-refractivity contribution in [3.63, 3.8) is 0 Å². The van der Waals surface area contributed by atoms with Crippen molar-refractivity contribution in [3.8, 4) is 0 Å². The molecule has 0 aliphatic carbocycles. The third-order valence-electron chi connectivity index (χ3n) is 1.06. The van der Waals surface area contributed by atoms with Crippen LogP contribution in [0.5, 0.6) is 0 Å². The molecule has 0 unspecified atom stereocenters. The van der Waals surface area contributed by atoms with Gasteiger partial charge < -0.3 is 4.74 Å². The summed E-state index contributed by atoms with van der Waals surface area (Å²) in [6.45, 7) is 3.63. The van der Waals surface area contributed by atoms with E-state index in [1.807, 2.05) is 0 Å². The number of hydrogen-bond donors (Lipinski definition) is 0. The summed E-state index contributed by atoms with van der Waals surface area (Å²) in [6, 6.07) is 0. The third-order valence-corrected chi connectivity index (χ3v) is 1.06. The fraction of sp³-hybridized carbons (Fsp3) is 0.500. The van der Waals surface area contributed by atoms with Crippen LogP contribution in [0.1, 0.15) is 19.3 Å². The van der Waals surface area contributed by atoms with E-state index in [2.05, 4.69) is 11.7 Å². The summed E-state index contributed by atoms with van der Waals surface area (Å²) in [5, 5.41) is 0. The third kappa shape index (κ3) is 1.22. The van der Waals surface area contributed by atoms with Gasteiger partial charge in [0, 0.05) is 6.42 Å². The predicted octanol–water partition coefficient (Wildman–Crippen LogP) is 1.08. The Hall–Kier alpha value is -0.530. The van der Waals surface area contributed by atoms with Gasteiger partial charge in [-0.3, -0.25) is 0 Å². The lowest BCUT2D eigenvalue weighted by Crippen LogP contribution is -1.76. The molecule has 2 radical (unpaired) electrons. The van der Waals surface area contributed by atoms with Crippen LogP contribution in [0.15, 0.2) is 0 Å². The first-order chi connectivity index (χ1) is 3.84. The summed E-state index contributed by atoms with van der Waals surface area (Å²) in [4.78, 5) is 10.1. The second-order valence-electron chi connectivity index (χ2n) is 1.77. The quantitative estimate of drug-likeness (QED) is 0.511. The van der Waals surface area contributed by atoms with E-state index in [9.17, 15) is 4.79 Å². The fourth-order valence-corrected chi connectivity index (χ4v) is 0.525. The van der Waals surface area contributed by atoms with Crippen molar-refractivity contribution in [2.45, 2.75) is 19.3 Å². The molecule has 2 heteroatoms. The lowest BCUT2D eigenvalue weighted by molar-refractivity contribution is -0.117. The number of cyclic esters (lactones) is 1. The van der Waals surface area contributed by atoms with Gasteiger partial charge in [-0.05, 0) is 6.42 Å². The first-order valence-corrected chi connectivity index (χ1v) is 2.72. The molecule has 0 atom stereocenters. The Morgan fingerprint density at radius 1 is 1.62 bits per heavy atom. The Balaban J connectivity index is 1.97. The standard InChI is InChI=1S/C6H8O2/c1-2-3-4-5-6(7)8-5/h1-4H2. The Labute approximate surface area is 48.8 Å². The summed E-state index contributed by atoms with van der Waals surface area (Å²) in [6.07, 6.45) is 3.25. The van der Waals surface area contributed by atoms with Crippen molar-refractivity contribution >= 4 is 5.97 Å². The Morgan fingerprint density at radius 2 is 2.25 bits per heavy atom. The minimum Gasteiger partial charge on any atom is -0.439 e. The molecule has 0 aromatic rings. The van der Waals surface area contributed by atoms with Gasteiger partial charge in [0.2, 0.25) is 0 Å². The topological polar surface area (TPSA) is 29.6 Å². The number of carbonyl (C=O) groups excluding carboxylic acids is 1. The molecule has 1 aliphatic rings. The zero-order chi connectivity index (χ0) is 5.98. The molecule has 0 aromatic heterocycles. The molecular formula is C6H8O2. The molecule has 0 spiro atoms. The normalized spacial score (nSPS) is 18.4. The van der Waals surface area contributed by atoms with Crippen LogP contribution < -0.4 is 0 Å². The highest BCUT2D eigenvalue weighted by Gasteiger charge is 2.39. The van der Waals surface area contributed by atoms with Crippen LogP contribution in [-0.4, -0.2) is 5.97 Å². The Morgan fingerprint density at radius 3 is 2.62 bits per heavy atom. The van der Waals surface area contributed by atoms with Gasteiger partial charge in [0.15, 0.2) is 0 Å².